The van der Waals surface area contributed by atoms with Crippen molar-refractivity contribution in [2.75, 3.05) is 21.7 Å². The highest BCUT2D eigenvalue weighted by molar-refractivity contribution is 8.00. The smallest absolute Gasteiger partial charge is 0.336 e. The van der Waals surface area contributed by atoms with Gasteiger partial charge in [-0.05, 0) is 60.7 Å². The molecule has 0 radical (unpaired) electrons. The van der Waals surface area contributed by atoms with Crippen LogP contribution in [-0.2, 0) is 9.59 Å². The summed E-state index contributed by atoms with van der Waals surface area (Å²) in [6.45, 7) is 1.42. The lowest BCUT2D eigenvalue weighted by molar-refractivity contribution is -0.114. The van der Waals surface area contributed by atoms with Crippen LogP contribution in [0.25, 0.3) is 0 Å². The second kappa shape index (κ2) is 11.0. The van der Waals surface area contributed by atoms with E-state index in [1.54, 1.807) is 60.7 Å². The van der Waals surface area contributed by atoms with Gasteiger partial charge in [0.25, 0.3) is 5.91 Å². The highest BCUT2D eigenvalue weighted by atomic mass is 32.2. The van der Waals surface area contributed by atoms with E-state index in [-0.39, 0.29) is 28.7 Å². The largest absolute Gasteiger partial charge is 0.478 e. The second-order valence-electron chi connectivity index (χ2n) is 6.92. The summed E-state index contributed by atoms with van der Waals surface area (Å²) in [6, 6.07) is 19.7. The molecule has 0 aromatic heterocycles. The van der Waals surface area contributed by atoms with Gasteiger partial charge in [-0.2, -0.15) is 0 Å². The molecule has 0 bridgehead atoms. The van der Waals surface area contributed by atoms with E-state index < -0.39 is 11.9 Å². The number of benzene rings is 3. The van der Waals surface area contributed by atoms with E-state index in [1.807, 2.05) is 0 Å². The Bertz CT molecular complexity index is 1180. The fourth-order valence-corrected chi connectivity index (χ4v) is 3.59. The molecule has 0 saturated carbocycles. The van der Waals surface area contributed by atoms with E-state index >= 15 is 0 Å². The van der Waals surface area contributed by atoms with Crippen LogP contribution in [0.2, 0.25) is 0 Å². The molecule has 8 nitrogen and oxygen atoms in total. The molecule has 0 fully saturated rings. The van der Waals surface area contributed by atoms with E-state index in [0.29, 0.717) is 17.1 Å². The number of hydrogen-bond donors (Lipinski definition) is 4. The maximum atomic E-state index is 12.4. The van der Waals surface area contributed by atoms with Crippen molar-refractivity contribution in [1.82, 2.24) is 0 Å². The average Bonchev–Trinajstić information content (AvgIpc) is 2.79. The quantitative estimate of drug-likeness (QED) is 0.369. The number of anilines is 3. The van der Waals surface area contributed by atoms with Crippen LogP contribution in [0.4, 0.5) is 17.1 Å². The summed E-state index contributed by atoms with van der Waals surface area (Å²) < 4.78 is 0. The first kappa shape index (κ1) is 23.6. The van der Waals surface area contributed by atoms with Crippen LogP contribution in [0.3, 0.4) is 0 Å². The molecule has 0 heterocycles. The van der Waals surface area contributed by atoms with E-state index in [1.165, 1.54) is 30.8 Å². The third kappa shape index (κ3) is 6.94. The Labute approximate surface area is 194 Å². The average molecular weight is 464 g/mol. The first-order valence-electron chi connectivity index (χ1n) is 9.86. The summed E-state index contributed by atoms with van der Waals surface area (Å²) in [6.07, 6.45) is 0. The molecule has 3 aromatic rings. The number of carbonyl (C=O) groups is 4. The predicted octanol–water partition coefficient (Wildman–Crippen LogP) is 4.33. The minimum absolute atomic E-state index is 0.0713. The predicted molar refractivity (Wildman–Crippen MR) is 128 cm³/mol. The minimum Gasteiger partial charge on any atom is -0.478 e. The van der Waals surface area contributed by atoms with Crippen LogP contribution in [-0.4, -0.2) is 34.6 Å². The van der Waals surface area contributed by atoms with Crippen LogP contribution in [0.5, 0.6) is 0 Å². The Morgan fingerprint density at radius 2 is 1.24 bits per heavy atom. The van der Waals surface area contributed by atoms with Gasteiger partial charge in [0.15, 0.2) is 0 Å². The molecule has 0 atom stereocenters. The number of carboxylic acid groups (broad SMARTS) is 1. The van der Waals surface area contributed by atoms with Crippen LogP contribution in [0.1, 0.15) is 27.6 Å². The van der Waals surface area contributed by atoms with Gasteiger partial charge >= 0.3 is 5.97 Å². The van der Waals surface area contributed by atoms with Gasteiger partial charge in [-0.1, -0.05) is 12.1 Å². The molecule has 0 saturated heterocycles. The number of thioether (sulfide) groups is 1. The molecular formula is C24H21N3O5S. The lowest BCUT2D eigenvalue weighted by Gasteiger charge is -2.09. The fraction of sp³-hybridized carbons (Fsp3) is 0.0833. The zero-order valence-electron chi connectivity index (χ0n) is 17.6. The molecule has 0 aliphatic rings. The minimum atomic E-state index is -1.17. The Kier molecular flexibility index (Phi) is 7.82. The van der Waals surface area contributed by atoms with Gasteiger partial charge in [-0.25, -0.2) is 4.79 Å². The van der Waals surface area contributed by atoms with Gasteiger partial charge in [0, 0.05) is 28.9 Å². The van der Waals surface area contributed by atoms with Gasteiger partial charge < -0.3 is 21.1 Å². The molecule has 3 amide bonds. The number of carbonyl (C=O) groups excluding carboxylic acids is 3. The molecule has 0 spiro atoms. The first-order chi connectivity index (χ1) is 15.8. The zero-order valence-corrected chi connectivity index (χ0v) is 18.4. The van der Waals surface area contributed by atoms with Crippen molar-refractivity contribution in [3.63, 3.8) is 0 Å². The SMILES string of the molecule is CC(=O)Nc1ccc(NC(=O)CSc2ccc(NC(=O)c3ccccc3C(=O)O)cc2)cc1. The van der Waals surface area contributed by atoms with Gasteiger partial charge in [0.05, 0.1) is 16.9 Å². The number of carboxylic acids is 1. The van der Waals surface area contributed by atoms with E-state index in [2.05, 4.69) is 16.0 Å². The second-order valence-corrected chi connectivity index (χ2v) is 7.97. The Morgan fingerprint density at radius 3 is 1.82 bits per heavy atom. The number of hydrogen-bond acceptors (Lipinski definition) is 5. The van der Waals surface area contributed by atoms with Crippen molar-refractivity contribution in [1.29, 1.82) is 0 Å². The van der Waals surface area contributed by atoms with Crippen molar-refractivity contribution in [3.8, 4) is 0 Å². The van der Waals surface area contributed by atoms with E-state index in [0.717, 1.165) is 4.90 Å². The maximum absolute atomic E-state index is 12.4. The molecule has 3 aromatic carbocycles. The highest BCUT2D eigenvalue weighted by Crippen LogP contribution is 2.22. The summed E-state index contributed by atoms with van der Waals surface area (Å²) in [5, 5.41) is 17.3. The molecular weight excluding hydrogens is 442 g/mol. The van der Waals surface area contributed by atoms with Crippen LogP contribution in [0.15, 0.2) is 77.7 Å². The fourth-order valence-electron chi connectivity index (χ4n) is 2.89. The Balaban J connectivity index is 1.51. The molecule has 9 heteroatoms. The molecule has 168 valence electrons. The van der Waals surface area contributed by atoms with Crippen molar-refractivity contribution >= 4 is 52.5 Å². The Morgan fingerprint density at radius 1 is 0.727 bits per heavy atom. The lowest BCUT2D eigenvalue weighted by atomic mass is 10.1. The third-order valence-electron chi connectivity index (χ3n) is 4.37. The van der Waals surface area contributed by atoms with Gasteiger partial charge in [-0.15, -0.1) is 11.8 Å². The number of nitrogens with one attached hydrogen (secondary N) is 3. The molecule has 3 rings (SSSR count). The molecule has 0 aliphatic carbocycles. The highest BCUT2D eigenvalue weighted by Gasteiger charge is 2.15. The summed E-state index contributed by atoms with van der Waals surface area (Å²) >= 11 is 1.33. The van der Waals surface area contributed by atoms with Crippen molar-refractivity contribution in [3.05, 3.63) is 83.9 Å². The van der Waals surface area contributed by atoms with Crippen molar-refractivity contribution in [2.45, 2.75) is 11.8 Å². The van der Waals surface area contributed by atoms with Crippen molar-refractivity contribution in [2.24, 2.45) is 0 Å². The summed E-state index contributed by atoms with van der Waals surface area (Å²) in [5.41, 5.74) is 1.78. The van der Waals surface area contributed by atoms with Crippen LogP contribution < -0.4 is 16.0 Å². The zero-order chi connectivity index (χ0) is 23.8. The van der Waals surface area contributed by atoms with Crippen LogP contribution in [0, 0.1) is 0 Å². The normalized spacial score (nSPS) is 10.2. The monoisotopic (exact) mass is 463 g/mol. The van der Waals surface area contributed by atoms with Crippen molar-refractivity contribution < 1.29 is 24.3 Å². The summed E-state index contributed by atoms with van der Waals surface area (Å²) in [7, 11) is 0. The molecule has 4 N–H and O–H groups in total. The van der Waals surface area contributed by atoms with Gasteiger partial charge in [-0.3, -0.25) is 14.4 Å². The standard InChI is InChI=1S/C24H21N3O5S/c1-15(28)25-16-6-8-17(9-7-16)26-22(29)14-33-19-12-10-18(11-13-19)27-23(30)20-4-2-3-5-21(20)24(31)32/h2-13H,14H2,1H3,(H,25,28)(H,26,29)(H,27,30)(H,31,32). The summed E-state index contributed by atoms with van der Waals surface area (Å²) in [4.78, 5) is 47.8. The lowest BCUT2D eigenvalue weighted by Crippen LogP contribution is -2.16. The number of rotatable bonds is 8. The van der Waals surface area contributed by atoms with E-state index in [9.17, 15) is 24.3 Å². The van der Waals surface area contributed by atoms with E-state index in [4.69, 9.17) is 0 Å². The summed E-state index contributed by atoms with van der Waals surface area (Å²) in [5.74, 6) is -1.86. The van der Waals surface area contributed by atoms with Crippen LogP contribution >= 0.6 is 11.8 Å². The maximum Gasteiger partial charge on any atom is 0.336 e. The molecule has 33 heavy (non-hydrogen) atoms. The number of amides is 3. The first-order valence-corrected chi connectivity index (χ1v) is 10.8. The van der Waals surface area contributed by atoms with Gasteiger partial charge in [0.1, 0.15) is 0 Å². The molecule has 0 unspecified atom stereocenters. The third-order valence-corrected chi connectivity index (χ3v) is 5.39. The Hall–Kier alpha value is -4.11. The number of aromatic carboxylic acids is 1. The molecule has 0 aliphatic heterocycles. The van der Waals surface area contributed by atoms with Gasteiger partial charge in [0.2, 0.25) is 11.8 Å². The topological polar surface area (TPSA) is 125 Å².